The molecule has 9 heteroatoms. The molecule has 9 nitrogen and oxygen atoms in total. The number of ether oxygens (including phenoxy) is 1. The molecule has 1 saturated carbocycles. The van der Waals surface area contributed by atoms with Crippen LogP contribution >= 0.6 is 0 Å². The van der Waals surface area contributed by atoms with E-state index in [0.717, 1.165) is 83.6 Å². The van der Waals surface area contributed by atoms with E-state index >= 15 is 0 Å². The number of aliphatic hydroxyl groups excluding tert-OH is 1. The summed E-state index contributed by atoms with van der Waals surface area (Å²) in [7, 11) is 0. The summed E-state index contributed by atoms with van der Waals surface area (Å²) in [5.41, 5.74) is 2.35. The van der Waals surface area contributed by atoms with Crippen LogP contribution in [0.1, 0.15) is 61.4 Å². The molecule has 1 saturated heterocycles. The van der Waals surface area contributed by atoms with Crippen LogP contribution in [0.15, 0.2) is 30.5 Å². The number of rotatable bonds is 10. The van der Waals surface area contributed by atoms with Crippen molar-refractivity contribution in [2.45, 2.75) is 64.1 Å². The zero-order valence-corrected chi connectivity index (χ0v) is 20.6. The fraction of sp³-hybridized carbons (Fsp3) is 0.577. The van der Waals surface area contributed by atoms with Crippen molar-refractivity contribution in [3.8, 4) is 0 Å². The first-order valence-corrected chi connectivity index (χ1v) is 12.9. The average Bonchev–Trinajstić information content (AvgIpc) is 2.87. The molecule has 1 aliphatic heterocycles. The maximum absolute atomic E-state index is 13.2. The Morgan fingerprint density at radius 3 is 2.60 bits per heavy atom. The average molecular weight is 483 g/mol. The lowest BCUT2D eigenvalue weighted by atomic mass is 9.93. The smallest absolute Gasteiger partial charge is 0.260 e. The molecule has 0 spiro atoms. The lowest BCUT2D eigenvalue weighted by Crippen LogP contribution is -2.35. The summed E-state index contributed by atoms with van der Waals surface area (Å²) in [6, 6.07) is 8.14. The Bertz CT molecular complexity index is 941. The van der Waals surface area contributed by atoms with E-state index in [-0.39, 0.29) is 18.1 Å². The molecule has 4 rings (SSSR count). The number of aliphatic hydroxyl groups is 1. The number of nitrogens with zero attached hydrogens (tertiary/aromatic N) is 3. The second kappa shape index (κ2) is 12.8. The third-order valence-corrected chi connectivity index (χ3v) is 6.61. The Balaban J connectivity index is 1.42. The third-order valence-electron chi connectivity index (χ3n) is 6.61. The van der Waals surface area contributed by atoms with Gasteiger partial charge in [0.25, 0.3) is 5.91 Å². The highest BCUT2D eigenvalue weighted by atomic mass is 16.5. The molecule has 35 heavy (non-hydrogen) atoms. The summed E-state index contributed by atoms with van der Waals surface area (Å²) < 4.78 is 5.42. The van der Waals surface area contributed by atoms with Crippen molar-refractivity contribution in [1.82, 2.24) is 14.9 Å². The molecule has 2 aromatic rings. The van der Waals surface area contributed by atoms with Gasteiger partial charge >= 0.3 is 0 Å². The van der Waals surface area contributed by atoms with Gasteiger partial charge in [0, 0.05) is 44.1 Å². The highest BCUT2D eigenvalue weighted by Crippen LogP contribution is 2.24. The number of anilines is 3. The number of unbranched alkanes of at least 4 members (excludes halogenated alkanes) is 1. The summed E-state index contributed by atoms with van der Waals surface area (Å²) >= 11 is 0. The molecule has 1 aromatic carbocycles. The molecule has 190 valence electrons. The van der Waals surface area contributed by atoms with Crippen LogP contribution in [0.4, 0.5) is 17.5 Å². The maximum Gasteiger partial charge on any atom is 0.260 e. The standard InChI is InChI=1S/C26H38N6O3/c1-2-3-12-27-26-28-17-23(24(31-26)29-20-8-10-22(33)11-9-20)25(34)30-21-6-4-19(5-7-21)18-32-13-15-35-16-14-32/h4-7,17,20,22,33H,2-3,8-16,18H2,1H3,(H,30,34)(H2,27,28,29,31). The summed E-state index contributed by atoms with van der Waals surface area (Å²) in [6.45, 7) is 7.24. The number of benzene rings is 1. The van der Waals surface area contributed by atoms with Crippen molar-refractivity contribution >= 4 is 23.4 Å². The van der Waals surface area contributed by atoms with Crippen molar-refractivity contribution in [2.75, 3.05) is 48.8 Å². The molecule has 1 aromatic heterocycles. The normalized spacial score (nSPS) is 20.9. The summed E-state index contributed by atoms with van der Waals surface area (Å²) in [6.07, 6.45) is 6.64. The van der Waals surface area contributed by atoms with Gasteiger partial charge in [-0.3, -0.25) is 9.69 Å². The number of nitrogens with one attached hydrogen (secondary N) is 3. The van der Waals surface area contributed by atoms with Crippen LogP contribution in [0.2, 0.25) is 0 Å². The predicted molar refractivity (Wildman–Crippen MR) is 138 cm³/mol. The van der Waals surface area contributed by atoms with Crippen LogP contribution in [0.25, 0.3) is 0 Å². The van der Waals surface area contributed by atoms with E-state index in [4.69, 9.17) is 4.74 Å². The topological polar surface area (TPSA) is 112 Å². The van der Waals surface area contributed by atoms with E-state index in [0.29, 0.717) is 17.3 Å². The number of amides is 1. The van der Waals surface area contributed by atoms with Gasteiger partial charge in [-0.15, -0.1) is 0 Å². The fourth-order valence-electron chi connectivity index (χ4n) is 4.44. The lowest BCUT2D eigenvalue weighted by Gasteiger charge is -2.27. The zero-order chi connectivity index (χ0) is 24.5. The van der Waals surface area contributed by atoms with Crippen LogP contribution < -0.4 is 16.0 Å². The largest absolute Gasteiger partial charge is 0.393 e. The molecule has 4 N–H and O–H groups in total. The van der Waals surface area contributed by atoms with Crippen LogP contribution in [0.5, 0.6) is 0 Å². The molecule has 0 radical (unpaired) electrons. The fourth-order valence-corrected chi connectivity index (χ4v) is 4.44. The Morgan fingerprint density at radius 2 is 1.89 bits per heavy atom. The van der Waals surface area contributed by atoms with Gasteiger partial charge in [-0.25, -0.2) is 4.98 Å². The van der Waals surface area contributed by atoms with Crippen LogP contribution in [-0.4, -0.2) is 70.9 Å². The highest BCUT2D eigenvalue weighted by molar-refractivity contribution is 6.07. The van der Waals surface area contributed by atoms with E-state index in [1.54, 1.807) is 6.20 Å². The monoisotopic (exact) mass is 482 g/mol. The molecule has 1 amide bonds. The number of morpholine rings is 1. The second-order valence-electron chi connectivity index (χ2n) is 9.43. The molecular weight excluding hydrogens is 444 g/mol. The van der Waals surface area contributed by atoms with Crippen molar-refractivity contribution in [1.29, 1.82) is 0 Å². The number of carbonyl (C=O) groups is 1. The number of hydrogen-bond acceptors (Lipinski definition) is 8. The van der Waals surface area contributed by atoms with Gasteiger partial charge in [0.15, 0.2) is 0 Å². The second-order valence-corrected chi connectivity index (χ2v) is 9.43. The van der Waals surface area contributed by atoms with Crippen LogP contribution in [-0.2, 0) is 11.3 Å². The van der Waals surface area contributed by atoms with Crippen molar-refractivity contribution in [2.24, 2.45) is 0 Å². The van der Waals surface area contributed by atoms with Gasteiger partial charge in [0.05, 0.1) is 19.3 Å². The SMILES string of the molecule is CCCCNc1ncc(C(=O)Nc2ccc(CN3CCOCC3)cc2)c(NC2CCC(O)CC2)n1. The van der Waals surface area contributed by atoms with Crippen LogP contribution in [0, 0.1) is 0 Å². The lowest BCUT2D eigenvalue weighted by molar-refractivity contribution is 0.0342. The Morgan fingerprint density at radius 1 is 1.14 bits per heavy atom. The van der Waals surface area contributed by atoms with Crippen molar-refractivity contribution in [3.05, 3.63) is 41.6 Å². The first-order valence-electron chi connectivity index (χ1n) is 12.9. The highest BCUT2D eigenvalue weighted by Gasteiger charge is 2.23. The summed E-state index contributed by atoms with van der Waals surface area (Å²) in [5, 5.41) is 19.5. The van der Waals surface area contributed by atoms with Gasteiger partial charge in [-0.05, 0) is 49.8 Å². The molecule has 2 heterocycles. The third kappa shape index (κ3) is 7.62. The Kier molecular flexibility index (Phi) is 9.28. The van der Waals surface area contributed by atoms with E-state index in [9.17, 15) is 9.90 Å². The first kappa shape index (κ1) is 25.3. The number of aromatic nitrogens is 2. The van der Waals surface area contributed by atoms with Crippen molar-refractivity contribution in [3.63, 3.8) is 0 Å². The molecule has 2 fully saturated rings. The molecule has 0 atom stereocenters. The molecule has 0 bridgehead atoms. The minimum Gasteiger partial charge on any atom is -0.393 e. The molecule has 0 unspecified atom stereocenters. The summed E-state index contributed by atoms with van der Waals surface area (Å²) in [5.74, 6) is 0.798. The zero-order valence-electron chi connectivity index (χ0n) is 20.6. The quantitative estimate of drug-likeness (QED) is 0.381. The molecule has 2 aliphatic rings. The minimum absolute atomic E-state index is 0.169. The predicted octanol–water partition coefficient (Wildman–Crippen LogP) is 3.49. The van der Waals surface area contributed by atoms with Gasteiger partial charge in [-0.1, -0.05) is 25.5 Å². The molecule has 1 aliphatic carbocycles. The van der Waals surface area contributed by atoms with Crippen molar-refractivity contribution < 1.29 is 14.6 Å². The minimum atomic E-state index is -0.246. The van der Waals surface area contributed by atoms with Gasteiger partial charge < -0.3 is 25.8 Å². The van der Waals surface area contributed by atoms with Gasteiger partial charge in [0.1, 0.15) is 11.4 Å². The first-order chi connectivity index (χ1) is 17.1. The molecular formula is C26H38N6O3. The van der Waals surface area contributed by atoms with E-state index in [1.807, 2.05) is 12.1 Å². The van der Waals surface area contributed by atoms with Crippen LogP contribution in [0.3, 0.4) is 0 Å². The Labute approximate surface area is 207 Å². The van der Waals surface area contributed by atoms with E-state index < -0.39 is 0 Å². The maximum atomic E-state index is 13.2. The Hall–Kier alpha value is -2.75. The van der Waals surface area contributed by atoms with E-state index in [1.165, 1.54) is 5.56 Å². The number of hydrogen-bond donors (Lipinski definition) is 4. The summed E-state index contributed by atoms with van der Waals surface area (Å²) in [4.78, 5) is 24.6. The van der Waals surface area contributed by atoms with Gasteiger partial charge in [-0.2, -0.15) is 4.98 Å². The van der Waals surface area contributed by atoms with E-state index in [2.05, 4.69) is 49.9 Å². The van der Waals surface area contributed by atoms with Gasteiger partial charge in [0.2, 0.25) is 5.95 Å². The number of carbonyl (C=O) groups excluding carboxylic acids is 1.